The largest absolute Gasteiger partial charge is 0.497 e. The second-order valence-electron chi connectivity index (χ2n) is 6.72. The van der Waals surface area contributed by atoms with Crippen LogP contribution in [0.3, 0.4) is 0 Å². The lowest BCUT2D eigenvalue weighted by molar-refractivity contribution is 0.0944. The molecule has 0 radical (unpaired) electrons. The van der Waals surface area contributed by atoms with E-state index in [0.29, 0.717) is 10.6 Å². The number of imidazole rings is 1. The summed E-state index contributed by atoms with van der Waals surface area (Å²) in [4.78, 5) is 27.1. The van der Waals surface area contributed by atoms with E-state index in [1.807, 2.05) is 67.2 Å². The van der Waals surface area contributed by atoms with Gasteiger partial charge in [0.2, 0.25) is 0 Å². The fourth-order valence-corrected chi connectivity index (χ4v) is 4.10. The Labute approximate surface area is 178 Å². The van der Waals surface area contributed by atoms with Crippen molar-refractivity contribution in [1.29, 1.82) is 0 Å². The molecule has 1 atom stereocenters. The molecule has 7 nitrogen and oxygen atoms in total. The molecule has 3 heterocycles. The molecule has 4 aromatic rings. The van der Waals surface area contributed by atoms with Gasteiger partial charge in [0.25, 0.3) is 5.91 Å². The Morgan fingerprint density at radius 3 is 2.57 bits per heavy atom. The van der Waals surface area contributed by atoms with Crippen molar-refractivity contribution in [2.24, 2.45) is 7.05 Å². The molecule has 0 aliphatic heterocycles. The fraction of sp³-hybridized carbons (Fsp3) is 0.182. The lowest BCUT2D eigenvalue weighted by Gasteiger charge is -2.19. The molecule has 0 bridgehead atoms. The van der Waals surface area contributed by atoms with Crippen LogP contribution < -0.4 is 10.1 Å². The first-order chi connectivity index (χ1) is 14.6. The van der Waals surface area contributed by atoms with Gasteiger partial charge in [0.15, 0.2) is 0 Å². The third-order valence-electron chi connectivity index (χ3n) is 4.73. The number of nitrogens with one attached hydrogen (secondary N) is 1. The number of ether oxygens (including phenoxy) is 1. The number of amides is 1. The van der Waals surface area contributed by atoms with Crippen molar-refractivity contribution in [2.75, 3.05) is 7.11 Å². The Kier molecular flexibility index (Phi) is 5.58. The van der Waals surface area contributed by atoms with Gasteiger partial charge in [-0.1, -0.05) is 18.2 Å². The highest BCUT2D eigenvalue weighted by Gasteiger charge is 2.24. The molecule has 0 aliphatic carbocycles. The van der Waals surface area contributed by atoms with Crippen LogP contribution in [-0.2, 0) is 7.05 Å². The van der Waals surface area contributed by atoms with E-state index in [1.165, 1.54) is 11.3 Å². The lowest BCUT2D eigenvalue weighted by Crippen LogP contribution is -2.31. The zero-order chi connectivity index (χ0) is 21.1. The van der Waals surface area contributed by atoms with Gasteiger partial charge in [-0.05, 0) is 36.8 Å². The summed E-state index contributed by atoms with van der Waals surface area (Å²) in [5.41, 5.74) is 2.33. The third-order valence-corrected chi connectivity index (χ3v) is 5.91. The molecule has 1 N–H and O–H groups in total. The van der Waals surface area contributed by atoms with Crippen molar-refractivity contribution in [3.63, 3.8) is 0 Å². The first-order valence-electron chi connectivity index (χ1n) is 9.37. The average Bonchev–Trinajstić information content (AvgIpc) is 3.38. The number of pyridine rings is 1. The highest BCUT2D eigenvalue weighted by Crippen LogP contribution is 2.28. The lowest BCUT2D eigenvalue weighted by atomic mass is 10.1. The van der Waals surface area contributed by atoms with Crippen molar-refractivity contribution in [3.05, 3.63) is 83.0 Å². The summed E-state index contributed by atoms with van der Waals surface area (Å²) >= 11 is 1.33. The second kappa shape index (κ2) is 8.46. The van der Waals surface area contributed by atoms with Gasteiger partial charge < -0.3 is 14.6 Å². The number of aryl methyl sites for hydroxylation is 2. The molecule has 1 aromatic carbocycles. The maximum absolute atomic E-state index is 13.2. The molecule has 1 amide bonds. The van der Waals surface area contributed by atoms with Crippen LogP contribution in [0, 0.1) is 6.92 Å². The monoisotopic (exact) mass is 419 g/mol. The smallest absolute Gasteiger partial charge is 0.264 e. The number of hydrogen-bond donors (Lipinski definition) is 1. The Balaban J connectivity index is 1.65. The van der Waals surface area contributed by atoms with Crippen LogP contribution >= 0.6 is 11.3 Å². The molecule has 152 valence electrons. The normalized spacial score (nSPS) is 11.8. The van der Waals surface area contributed by atoms with Gasteiger partial charge in [0.1, 0.15) is 27.5 Å². The first-order valence-corrected chi connectivity index (χ1v) is 10.2. The zero-order valence-corrected chi connectivity index (χ0v) is 17.7. The van der Waals surface area contributed by atoms with Crippen LogP contribution in [0.1, 0.15) is 32.8 Å². The summed E-state index contributed by atoms with van der Waals surface area (Å²) < 4.78 is 7.15. The number of aromatic nitrogens is 4. The van der Waals surface area contributed by atoms with E-state index in [1.54, 1.807) is 19.5 Å². The number of nitrogens with zero attached hydrogens (tertiary/aromatic N) is 4. The molecular formula is C22H21N5O2S. The number of thiazole rings is 1. The van der Waals surface area contributed by atoms with E-state index in [2.05, 4.69) is 20.3 Å². The van der Waals surface area contributed by atoms with E-state index >= 15 is 0 Å². The van der Waals surface area contributed by atoms with E-state index in [4.69, 9.17) is 4.74 Å². The van der Waals surface area contributed by atoms with Crippen molar-refractivity contribution >= 4 is 17.2 Å². The summed E-state index contributed by atoms with van der Waals surface area (Å²) in [5.74, 6) is 1.29. The van der Waals surface area contributed by atoms with Crippen LogP contribution in [0.25, 0.3) is 10.7 Å². The van der Waals surface area contributed by atoms with Gasteiger partial charge in [-0.25, -0.2) is 9.97 Å². The SMILES string of the molecule is COc1ccc([C@H](NC(=O)c2sc(-c3ccccn3)nc2C)c2nccn2C)cc1. The van der Waals surface area contributed by atoms with Crippen molar-refractivity contribution in [1.82, 2.24) is 24.8 Å². The minimum absolute atomic E-state index is 0.198. The summed E-state index contributed by atoms with van der Waals surface area (Å²) in [5, 5.41) is 3.84. The number of carbonyl (C=O) groups excluding carboxylic acids is 1. The van der Waals surface area contributed by atoms with Gasteiger partial charge in [-0.15, -0.1) is 11.3 Å². The van der Waals surface area contributed by atoms with E-state index < -0.39 is 6.04 Å². The molecular weight excluding hydrogens is 398 g/mol. The summed E-state index contributed by atoms with van der Waals surface area (Å²) in [7, 11) is 3.53. The van der Waals surface area contributed by atoms with Gasteiger partial charge in [-0.3, -0.25) is 9.78 Å². The van der Waals surface area contributed by atoms with Crippen LogP contribution in [0.5, 0.6) is 5.75 Å². The Morgan fingerprint density at radius 1 is 1.13 bits per heavy atom. The molecule has 0 saturated heterocycles. The van der Waals surface area contributed by atoms with Crippen LogP contribution in [0.15, 0.2) is 61.1 Å². The molecule has 8 heteroatoms. The maximum Gasteiger partial charge on any atom is 0.264 e. The minimum Gasteiger partial charge on any atom is -0.497 e. The highest BCUT2D eigenvalue weighted by atomic mass is 32.1. The number of benzene rings is 1. The molecule has 0 unspecified atom stereocenters. The summed E-state index contributed by atoms with van der Waals surface area (Å²) in [6.45, 7) is 1.83. The predicted octanol–water partition coefficient (Wildman–Crippen LogP) is 3.78. The van der Waals surface area contributed by atoms with Gasteiger partial charge in [0.05, 0.1) is 18.5 Å². The van der Waals surface area contributed by atoms with E-state index in [0.717, 1.165) is 27.8 Å². The number of hydrogen-bond acceptors (Lipinski definition) is 6. The van der Waals surface area contributed by atoms with E-state index in [9.17, 15) is 4.79 Å². The number of methoxy groups -OCH3 is 1. The Morgan fingerprint density at radius 2 is 1.93 bits per heavy atom. The predicted molar refractivity (Wildman–Crippen MR) is 116 cm³/mol. The van der Waals surface area contributed by atoms with Crippen molar-refractivity contribution in [2.45, 2.75) is 13.0 Å². The maximum atomic E-state index is 13.2. The van der Waals surface area contributed by atoms with Gasteiger partial charge in [-0.2, -0.15) is 0 Å². The number of rotatable bonds is 6. The van der Waals surface area contributed by atoms with Crippen LogP contribution in [0.4, 0.5) is 0 Å². The van der Waals surface area contributed by atoms with Crippen molar-refractivity contribution < 1.29 is 9.53 Å². The van der Waals surface area contributed by atoms with Gasteiger partial charge in [0, 0.05) is 25.6 Å². The molecule has 0 fully saturated rings. The summed E-state index contributed by atoms with van der Waals surface area (Å²) in [6.07, 6.45) is 5.29. The number of carbonyl (C=O) groups is 1. The Bertz CT molecular complexity index is 1150. The van der Waals surface area contributed by atoms with E-state index in [-0.39, 0.29) is 5.91 Å². The first kappa shape index (κ1) is 19.8. The third kappa shape index (κ3) is 3.95. The Hall–Kier alpha value is -3.52. The minimum atomic E-state index is -0.414. The van der Waals surface area contributed by atoms with Crippen LogP contribution in [-0.4, -0.2) is 32.5 Å². The molecule has 0 aliphatic rings. The van der Waals surface area contributed by atoms with Crippen LogP contribution in [0.2, 0.25) is 0 Å². The zero-order valence-electron chi connectivity index (χ0n) is 16.9. The summed E-state index contributed by atoms with van der Waals surface area (Å²) in [6, 6.07) is 12.8. The van der Waals surface area contributed by atoms with Gasteiger partial charge >= 0.3 is 0 Å². The highest BCUT2D eigenvalue weighted by molar-refractivity contribution is 7.17. The molecule has 30 heavy (non-hydrogen) atoms. The molecule has 0 spiro atoms. The average molecular weight is 420 g/mol. The quantitative estimate of drug-likeness (QED) is 0.514. The molecule has 0 saturated carbocycles. The second-order valence-corrected chi connectivity index (χ2v) is 7.72. The molecule has 4 rings (SSSR count). The fourth-order valence-electron chi connectivity index (χ4n) is 3.15. The molecule has 3 aromatic heterocycles. The topological polar surface area (TPSA) is 81.9 Å². The van der Waals surface area contributed by atoms with Crippen molar-refractivity contribution in [3.8, 4) is 16.5 Å². The standard InChI is InChI=1S/C22H21N5O2S/c1-14-19(30-22(25-14)17-6-4-5-11-23-17)21(28)26-18(20-24-12-13-27(20)2)15-7-9-16(29-3)10-8-15/h4-13,18H,1-3H3,(H,26,28)/t18-/m0/s1.